The number of benzene rings is 3. The number of ether oxygens (including phenoxy) is 3. The number of likely N-dealkylation sites (tertiary alicyclic amines) is 1. The molecule has 2 aliphatic heterocycles. The maximum Gasteiger partial charge on any atom is 0.416 e. The van der Waals surface area contributed by atoms with E-state index in [0.717, 1.165) is 10.4 Å². The highest BCUT2D eigenvalue weighted by Gasteiger charge is 2.38. The lowest BCUT2D eigenvalue weighted by Gasteiger charge is -2.44. The first-order valence-electron chi connectivity index (χ1n) is 15.8. The average Bonchev–Trinajstić information content (AvgIpc) is 3.10. The molecule has 4 aromatic rings. The van der Waals surface area contributed by atoms with Gasteiger partial charge < -0.3 is 14.2 Å². The molecule has 6 rings (SSSR count). The highest BCUT2D eigenvalue weighted by molar-refractivity contribution is 7.92. The molecule has 3 heterocycles. The van der Waals surface area contributed by atoms with E-state index in [9.17, 15) is 21.6 Å². The van der Waals surface area contributed by atoms with Crippen LogP contribution in [0.25, 0.3) is 0 Å². The van der Waals surface area contributed by atoms with E-state index < -0.39 is 32.5 Å². The van der Waals surface area contributed by atoms with Gasteiger partial charge in [-0.2, -0.15) is 13.2 Å². The summed E-state index contributed by atoms with van der Waals surface area (Å²) < 4.78 is 103. The number of sulfonamides is 1. The molecule has 260 valence electrons. The molecule has 3 atom stereocenters. The van der Waals surface area contributed by atoms with Crippen LogP contribution < -0.4 is 18.5 Å². The van der Waals surface area contributed by atoms with Gasteiger partial charge in [0, 0.05) is 54.0 Å². The largest absolute Gasteiger partial charge is 0.497 e. The van der Waals surface area contributed by atoms with Crippen molar-refractivity contribution in [1.29, 1.82) is 0 Å². The van der Waals surface area contributed by atoms with Gasteiger partial charge in [-0.1, -0.05) is 18.2 Å². The molecular formula is C35H36F4N4O5S. The fourth-order valence-electron chi connectivity index (χ4n) is 6.81. The van der Waals surface area contributed by atoms with Crippen molar-refractivity contribution in [2.24, 2.45) is 0 Å². The number of fused-ring (bicyclic) bond motifs is 1. The second kappa shape index (κ2) is 13.8. The standard InChI is InChI=1S/C35H36F4N4O5S/c1-22-15-24(23-5-4-6-26(16-23)35(37,38)39)10-13-42(22)30-11-14-48-32-19-33(29(36)18-28(30)32)49(44,45)43(34-9-12-40-21-41-34)20-25-7-8-27(46-2)17-31(25)47-3/h4-9,12,16-19,21-22,24,30H,10-11,13-15,20H2,1-3H3/t22-,24-,30?/m1/s1. The summed E-state index contributed by atoms with van der Waals surface area (Å²) >= 11 is 0. The van der Waals surface area contributed by atoms with Crippen molar-refractivity contribution in [3.05, 3.63) is 101 Å². The molecule has 9 nitrogen and oxygen atoms in total. The molecule has 3 aromatic carbocycles. The van der Waals surface area contributed by atoms with Crippen LogP contribution in [0.4, 0.5) is 23.4 Å². The molecule has 1 saturated heterocycles. The van der Waals surface area contributed by atoms with Crippen molar-refractivity contribution >= 4 is 15.8 Å². The zero-order valence-corrected chi connectivity index (χ0v) is 28.0. The summed E-state index contributed by atoms with van der Waals surface area (Å²) in [5, 5.41) is 0. The number of halogens is 4. The Balaban J connectivity index is 1.29. The highest BCUT2D eigenvalue weighted by Crippen LogP contribution is 2.44. The van der Waals surface area contributed by atoms with E-state index in [4.69, 9.17) is 14.2 Å². The van der Waals surface area contributed by atoms with Gasteiger partial charge >= 0.3 is 6.18 Å². The number of nitrogens with zero attached hydrogens (tertiary/aromatic N) is 4. The van der Waals surface area contributed by atoms with Gasteiger partial charge in [-0.3, -0.25) is 4.90 Å². The molecule has 0 saturated carbocycles. The van der Waals surface area contributed by atoms with E-state index in [-0.39, 0.29) is 42.7 Å². The summed E-state index contributed by atoms with van der Waals surface area (Å²) in [6.07, 6.45) is -0.0379. The molecule has 0 radical (unpaired) electrons. The number of anilines is 1. The Morgan fingerprint density at radius 3 is 2.55 bits per heavy atom. The van der Waals surface area contributed by atoms with Crippen LogP contribution in [-0.2, 0) is 22.7 Å². The van der Waals surface area contributed by atoms with E-state index in [2.05, 4.69) is 14.9 Å². The molecule has 0 N–H and O–H groups in total. The molecule has 0 spiro atoms. The summed E-state index contributed by atoms with van der Waals surface area (Å²) in [4.78, 5) is 9.69. The molecule has 0 bridgehead atoms. The third kappa shape index (κ3) is 7.02. The molecule has 49 heavy (non-hydrogen) atoms. The zero-order chi connectivity index (χ0) is 34.9. The molecule has 1 aromatic heterocycles. The Morgan fingerprint density at radius 2 is 1.86 bits per heavy atom. The van der Waals surface area contributed by atoms with Gasteiger partial charge in [-0.15, -0.1) is 0 Å². The summed E-state index contributed by atoms with van der Waals surface area (Å²) in [5.74, 6) is 0.167. The molecule has 14 heteroatoms. The Kier molecular flexibility index (Phi) is 9.72. The van der Waals surface area contributed by atoms with Crippen molar-refractivity contribution in [2.45, 2.75) is 61.8 Å². The van der Waals surface area contributed by atoms with Gasteiger partial charge in [0.05, 0.1) is 32.9 Å². The van der Waals surface area contributed by atoms with Crippen LogP contribution in [0.2, 0.25) is 0 Å². The van der Waals surface area contributed by atoms with Gasteiger partial charge in [0.25, 0.3) is 10.0 Å². The minimum atomic E-state index is -4.55. The molecule has 0 amide bonds. The SMILES string of the molecule is COc1ccc(CN(c2ccncn2)S(=O)(=O)c2cc3c(cc2F)C(N2CC[C@@H](c4cccc(C(F)(F)F)c4)C[C@H]2C)CCO3)c(OC)c1. The van der Waals surface area contributed by atoms with E-state index >= 15 is 4.39 Å². The van der Waals surface area contributed by atoms with Gasteiger partial charge in [0.15, 0.2) is 0 Å². The normalized spacial score (nSPS) is 19.9. The van der Waals surface area contributed by atoms with Crippen LogP contribution in [0.3, 0.4) is 0 Å². The Labute approximate surface area is 282 Å². The topological polar surface area (TPSA) is 94.1 Å². The quantitative estimate of drug-likeness (QED) is 0.170. The van der Waals surface area contributed by atoms with Gasteiger partial charge in [-0.05, 0) is 62.1 Å². The van der Waals surface area contributed by atoms with Crippen molar-refractivity contribution in [3.8, 4) is 17.2 Å². The lowest BCUT2D eigenvalue weighted by atomic mass is 9.83. The lowest BCUT2D eigenvalue weighted by Crippen LogP contribution is -2.44. The molecule has 1 unspecified atom stereocenters. The predicted molar refractivity (Wildman–Crippen MR) is 174 cm³/mol. The predicted octanol–water partition coefficient (Wildman–Crippen LogP) is 7.14. The monoisotopic (exact) mass is 700 g/mol. The van der Waals surface area contributed by atoms with Crippen LogP contribution in [-0.4, -0.2) is 56.7 Å². The van der Waals surface area contributed by atoms with Crippen molar-refractivity contribution in [3.63, 3.8) is 0 Å². The summed E-state index contributed by atoms with van der Waals surface area (Å²) in [5.41, 5.74) is 0.997. The number of piperidine rings is 1. The van der Waals surface area contributed by atoms with Crippen molar-refractivity contribution < 1.29 is 40.2 Å². The number of rotatable bonds is 9. The first-order valence-corrected chi connectivity index (χ1v) is 17.2. The summed E-state index contributed by atoms with van der Waals surface area (Å²) in [7, 11) is -1.60. The van der Waals surface area contributed by atoms with Gasteiger partial charge in [-0.25, -0.2) is 27.1 Å². The molecule has 1 fully saturated rings. The number of alkyl halides is 3. The second-order valence-corrected chi connectivity index (χ2v) is 14.0. The van der Waals surface area contributed by atoms with Crippen molar-refractivity contribution in [2.75, 3.05) is 31.7 Å². The fraction of sp³-hybridized carbons (Fsp3) is 0.371. The van der Waals surface area contributed by atoms with Crippen LogP contribution in [0.1, 0.15) is 60.4 Å². The van der Waals surface area contributed by atoms with Crippen LogP contribution >= 0.6 is 0 Å². The lowest BCUT2D eigenvalue weighted by molar-refractivity contribution is -0.137. The van der Waals surface area contributed by atoms with E-state index in [0.29, 0.717) is 54.0 Å². The fourth-order valence-corrected chi connectivity index (χ4v) is 8.28. The summed E-state index contributed by atoms with van der Waals surface area (Å²) in [6.45, 7) is 2.63. The maximum absolute atomic E-state index is 16.1. The Morgan fingerprint density at radius 1 is 1.04 bits per heavy atom. The van der Waals surface area contributed by atoms with Crippen LogP contribution in [0.5, 0.6) is 17.2 Å². The maximum atomic E-state index is 16.1. The van der Waals surface area contributed by atoms with Crippen molar-refractivity contribution in [1.82, 2.24) is 14.9 Å². The minimum absolute atomic E-state index is 0.0289. The number of hydrogen-bond donors (Lipinski definition) is 0. The molecule has 0 aliphatic carbocycles. The van der Waals surface area contributed by atoms with E-state index in [1.807, 2.05) is 6.92 Å². The van der Waals surface area contributed by atoms with Crippen LogP contribution in [0.15, 0.2) is 78.1 Å². The van der Waals surface area contributed by atoms with Gasteiger partial charge in [0.1, 0.15) is 40.1 Å². The first-order chi connectivity index (χ1) is 23.4. The number of hydrogen-bond acceptors (Lipinski definition) is 8. The van der Waals surface area contributed by atoms with Gasteiger partial charge in [0.2, 0.25) is 0 Å². The van der Waals surface area contributed by atoms with E-state index in [1.54, 1.807) is 24.3 Å². The highest BCUT2D eigenvalue weighted by atomic mass is 32.2. The first kappa shape index (κ1) is 34.4. The number of methoxy groups -OCH3 is 2. The summed E-state index contributed by atoms with van der Waals surface area (Å²) in [6, 6.07) is 14.0. The Bertz CT molecular complexity index is 1910. The smallest absolute Gasteiger partial charge is 0.416 e. The Hall–Kier alpha value is -4.43. The number of aromatic nitrogens is 2. The molecule has 2 aliphatic rings. The molecular weight excluding hydrogens is 664 g/mol. The zero-order valence-electron chi connectivity index (χ0n) is 27.2. The van der Waals surface area contributed by atoms with E-state index in [1.165, 1.54) is 57.1 Å². The average molecular weight is 701 g/mol. The van der Waals surface area contributed by atoms with Crippen LogP contribution in [0, 0.1) is 5.82 Å². The third-order valence-electron chi connectivity index (χ3n) is 9.28. The minimum Gasteiger partial charge on any atom is -0.497 e. The third-order valence-corrected chi connectivity index (χ3v) is 11.0. The second-order valence-electron chi connectivity index (χ2n) is 12.2.